The summed E-state index contributed by atoms with van der Waals surface area (Å²) in [6, 6.07) is 0. The zero-order chi connectivity index (χ0) is 8.93. The van der Waals surface area contributed by atoms with Crippen LogP contribution in [0, 0.1) is 0 Å². The lowest BCUT2D eigenvalue weighted by molar-refractivity contribution is 0.441. The Morgan fingerprint density at radius 1 is 0.692 bits per heavy atom. The molecule has 0 aromatic carbocycles. The predicted molar refractivity (Wildman–Crippen MR) is 54.1 cm³/mol. The largest absolute Gasteiger partial charge is 0.459 e. The van der Waals surface area contributed by atoms with Crippen molar-refractivity contribution in [2.75, 3.05) is 0 Å². The fraction of sp³-hybridized carbons (Fsp3) is 0.500. The molecule has 0 aromatic heterocycles. The molecule has 2 aliphatic rings. The third kappa shape index (κ3) is 2.76. The van der Waals surface area contributed by atoms with Gasteiger partial charge in [-0.05, 0) is 25.7 Å². The molecule has 13 heavy (non-hydrogen) atoms. The van der Waals surface area contributed by atoms with Crippen LogP contribution in [0.5, 0.6) is 0 Å². The van der Waals surface area contributed by atoms with Gasteiger partial charge in [0, 0.05) is 12.8 Å². The molecule has 0 fully saturated rings. The maximum absolute atomic E-state index is 5.40. The van der Waals surface area contributed by atoms with Crippen LogP contribution in [0.3, 0.4) is 0 Å². The first-order chi connectivity index (χ1) is 6.47. The smallest absolute Gasteiger partial charge is 0.142 e. The minimum atomic E-state index is 1.11. The Labute approximate surface area is 79.8 Å². The van der Waals surface area contributed by atoms with Gasteiger partial charge in [0.2, 0.25) is 0 Å². The predicted octanol–water partition coefficient (Wildman–Crippen LogP) is 3.69. The Bertz CT molecular complexity index is 232. The van der Waals surface area contributed by atoms with Crippen LogP contribution in [-0.2, 0) is 4.74 Å². The molecule has 70 valence electrons. The molecule has 1 nitrogen and oxygen atoms in total. The molecule has 0 unspecified atom stereocenters. The van der Waals surface area contributed by atoms with Gasteiger partial charge >= 0.3 is 0 Å². The van der Waals surface area contributed by atoms with Crippen LogP contribution in [0.1, 0.15) is 38.5 Å². The molecule has 0 atom stereocenters. The molecule has 0 N–H and O–H groups in total. The molecule has 0 radical (unpaired) electrons. The molecule has 0 spiro atoms. The van der Waals surface area contributed by atoms with Gasteiger partial charge in [0.1, 0.15) is 11.5 Å². The number of ether oxygens (including phenoxy) is 1. The maximum Gasteiger partial charge on any atom is 0.142 e. The zero-order valence-electron chi connectivity index (χ0n) is 7.96. The summed E-state index contributed by atoms with van der Waals surface area (Å²) in [5.41, 5.74) is 0. The summed E-state index contributed by atoms with van der Waals surface area (Å²) >= 11 is 0. The highest BCUT2D eigenvalue weighted by atomic mass is 16.6. The highest BCUT2D eigenvalue weighted by molar-refractivity contribution is 5.18. The minimum absolute atomic E-state index is 1.11. The molecule has 2 rings (SSSR count). The maximum atomic E-state index is 5.40. The lowest BCUT2D eigenvalue weighted by atomic mass is 10.1. The van der Waals surface area contributed by atoms with Crippen molar-refractivity contribution < 1.29 is 4.74 Å². The third-order valence-electron chi connectivity index (χ3n) is 2.43. The fourth-order valence-corrected chi connectivity index (χ4v) is 1.60. The summed E-state index contributed by atoms with van der Waals surface area (Å²) in [6.45, 7) is 0. The Kier molecular flexibility index (Phi) is 2.86. The van der Waals surface area contributed by atoms with Crippen molar-refractivity contribution in [1.29, 1.82) is 0 Å². The van der Waals surface area contributed by atoms with Crippen molar-refractivity contribution in [2.45, 2.75) is 38.5 Å². The van der Waals surface area contributed by atoms with E-state index in [0.717, 1.165) is 25.7 Å². The lowest BCUT2D eigenvalue weighted by Gasteiger charge is -1.89. The van der Waals surface area contributed by atoms with E-state index in [9.17, 15) is 0 Å². The Hall–Kier alpha value is -0.980. The van der Waals surface area contributed by atoms with Crippen molar-refractivity contribution in [2.24, 2.45) is 0 Å². The van der Waals surface area contributed by atoms with Crippen LogP contribution in [0.4, 0.5) is 0 Å². The molecule has 0 saturated carbocycles. The second kappa shape index (κ2) is 4.31. The van der Waals surface area contributed by atoms with Crippen molar-refractivity contribution in [3.63, 3.8) is 0 Å². The van der Waals surface area contributed by atoms with Crippen molar-refractivity contribution in [1.82, 2.24) is 0 Å². The van der Waals surface area contributed by atoms with E-state index in [-0.39, 0.29) is 0 Å². The van der Waals surface area contributed by atoms with Gasteiger partial charge < -0.3 is 4.74 Å². The van der Waals surface area contributed by atoms with Gasteiger partial charge in [0.25, 0.3) is 0 Å². The molecule has 0 aromatic rings. The summed E-state index contributed by atoms with van der Waals surface area (Å²) in [5, 5.41) is 0. The molecule has 0 amide bonds. The SMILES string of the molecule is C1=CCCC2=C(CCC=CCC1)O2. The van der Waals surface area contributed by atoms with Gasteiger partial charge in [-0.15, -0.1) is 0 Å². The molecule has 0 saturated heterocycles. The number of hydrogen-bond donors (Lipinski definition) is 0. The van der Waals surface area contributed by atoms with Gasteiger partial charge in [0.05, 0.1) is 0 Å². The van der Waals surface area contributed by atoms with Crippen LogP contribution in [0.2, 0.25) is 0 Å². The van der Waals surface area contributed by atoms with E-state index in [0.29, 0.717) is 0 Å². The Balaban J connectivity index is 1.88. The molecule has 1 heterocycles. The van der Waals surface area contributed by atoms with Crippen LogP contribution < -0.4 is 0 Å². The summed E-state index contributed by atoms with van der Waals surface area (Å²) in [4.78, 5) is 0. The van der Waals surface area contributed by atoms with Gasteiger partial charge in [0.15, 0.2) is 0 Å². The first kappa shape index (κ1) is 8.61. The van der Waals surface area contributed by atoms with Gasteiger partial charge in [-0.25, -0.2) is 0 Å². The topological polar surface area (TPSA) is 12.5 Å². The van der Waals surface area contributed by atoms with Crippen LogP contribution >= 0.6 is 0 Å². The summed E-state index contributed by atoms with van der Waals surface area (Å²) < 4.78 is 5.40. The average Bonchev–Trinajstić information content (AvgIpc) is 2.83. The van der Waals surface area contributed by atoms with E-state index in [1.165, 1.54) is 24.4 Å². The molecular formula is C12H16O. The minimum Gasteiger partial charge on any atom is -0.459 e. The van der Waals surface area contributed by atoms with E-state index in [1.807, 2.05) is 0 Å². The molecule has 0 bridgehead atoms. The second-order valence-electron chi connectivity index (χ2n) is 3.55. The number of rotatable bonds is 0. The number of hydrogen-bond acceptors (Lipinski definition) is 1. The van der Waals surface area contributed by atoms with Crippen molar-refractivity contribution in [3.05, 3.63) is 35.8 Å². The monoisotopic (exact) mass is 176 g/mol. The average molecular weight is 176 g/mol. The van der Waals surface area contributed by atoms with Gasteiger partial charge in [-0.3, -0.25) is 0 Å². The quantitative estimate of drug-likeness (QED) is 0.513. The molecule has 1 aliphatic heterocycles. The van der Waals surface area contributed by atoms with Crippen LogP contribution in [-0.4, -0.2) is 0 Å². The van der Waals surface area contributed by atoms with Crippen LogP contribution in [0.25, 0.3) is 0 Å². The Morgan fingerprint density at radius 3 is 1.69 bits per heavy atom. The summed E-state index contributed by atoms with van der Waals surface area (Å²) in [5.74, 6) is 2.50. The highest BCUT2D eigenvalue weighted by Gasteiger charge is 2.22. The number of allylic oxidation sites excluding steroid dienone is 6. The fourth-order valence-electron chi connectivity index (χ4n) is 1.60. The van der Waals surface area contributed by atoms with Crippen molar-refractivity contribution >= 4 is 0 Å². The van der Waals surface area contributed by atoms with Crippen LogP contribution in [0.15, 0.2) is 35.8 Å². The van der Waals surface area contributed by atoms with E-state index in [2.05, 4.69) is 24.3 Å². The summed E-state index contributed by atoms with van der Waals surface area (Å²) in [7, 11) is 0. The normalized spacial score (nSPS) is 22.8. The van der Waals surface area contributed by atoms with E-state index in [1.54, 1.807) is 0 Å². The van der Waals surface area contributed by atoms with Crippen molar-refractivity contribution in [3.8, 4) is 0 Å². The first-order valence-corrected chi connectivity index (χ1v) is 5.17. The molecule has 1 heteroatoms. The van der Waals surface area contributed by atoms with E-state index in [4.69, 9.17) is 4.74 Å². The molecular weight excluding hydrogens is 160 g/mol. The van der Waals surface area contributed by atoms with E-state index >= 15 is 0 Å². The van der Waals surface area contributed by atoms with Gasteiger partial charge in [-0.1, -0.05) is 24.3 Å². The molecule has 1 aliphatic carbocycles. The standard InChI is InChI=1S/C12H16O/c1-2-4-6-8-10-12-11(13-12)9-7-5-3-1/h3-6H,1-2,7-10H2. The van der Waals surface area contributed by atoms with Gasteiger partial charge in [-0.2, -0.15) is 0 Å². The zero-order valence-corrected chi connectivity index (χ0v) is 7.96. The lowest BCUT2D eigenvalue weighted by Crippen LogP contribution is -1.71. The summed E-state index contributed by atoms with van der Waals surface area (Å²) in [6.07, 6.45) is 15.9. The third-order valence-corrected chi connectivity index (χ3v) is 2.43. The van der Waals surface area contributed by atoms with E-state index < -0.39 is 0 Å². The second-order valence-corrected chi connectivity index (χ2v) is 3.55. The highest BCUT2D eigenvalue weighted by Crippen LogP contribution is 2.34. The Morgan fingerprint density at radius 2 is 1.15 bits per heavy atom. The first-order valence-electron chi connectivity index (χ1n) is 5.17.